The predicted octanol–water partition coefficient (Wildman–Crippen LogP) is 2.24. The number of rotatable bonds is 4. The Kier molecular flexibility index (Phi) is 3.19. The Morgan fingerprint density at radius 3 is 2.79 bits per heavy atom. The highest BCUT2D eigenvalue weighted by molar-refractivity contribution is 7.09. The van der Waals surface area contributed by atoms with Crippen LogP contribution in [0.1, 0.15) is 23.5 Å². The molecule has 3 heteroatoms. The maximum atomic E-state index is 4.53. The molecule has 2 rings (SSSR count). The fourth-order valence-electron chi connectivity index (χ4n) is 2.21. The van der Waals surface area contributed by atoms with Crippen molar-refractivity contribution < 1.29 is 0 Å². The minimum atomic E-state index is 0.879. The summed E-state index contributed by atoms with van der Waals surface area (Å²) < 4.78 is 0. The molecule has 0 aliphatic heterocycles. The quantitative estimate of drug-likeness (QED) is 0.824. The van der Waals surface area contributed by atoms with Gasteiger partial charge in [-0.2, -0.15) is 0 Å². The van der Waals surface area contributed by atoms with Gasteiger partial charge < -0.3 is 5.32 Å². The number of aryl methyl sites for hydroxylation is 1. The monoisotopic (exact) mass is 210 g/mol. The molecule has 0 radical (unpaired) electrons. The Bertz CT molecular complexity index is 295. The van der Waals surface area contributed by atoms with Crippen LogP contribution < -0.4 is 5.32 Å². The fourth-order valence-corrected chi connectivity index (χ4v) is 2.83. The third kappa shape index (κ3) is 2.15. The van der Waals surface area contributed by atoms with Gasteiger partial charge in [-0.05, 0) is 51.6 Å². The van der Waals surface area contributed by atoms with Crippen molar-refractivity contribution in [3.05, 3.63) is 16.1 Å². The van der Waals surface area contributed by atoms with Crippen LogP contribution in [-0.4, -0.2) is 18.6 Å². The third-order valence-corrected chi connectivity index (χ3v) is 4.00. The Balaban J connectivity index is 1.86. The van der Waals surface area contributed by atoms with Crippen LogP contribution in [0.15, 0.2) is 5.38 Å². The van der Waals surface area contributed by atoms with E-state index in [1.165, 1.54) is 36.5 Å². The van der Waals surface area contributed by atoms with Gasteiger partial charge in [-0.15, -0.1) is 11.3 Å². The summed E-state index contributed by atoms with van der Waals surface area (Å²) in [4.78, 5) is 4.53. The van der Waals surface area contributed by atoms with Crippen LogP contribution >= 0.6 is 11.3 Å². The average Bonchev–Trinajstić information content (AvgIpc) is 2.55. The van der Waals surface area contributed by atoms with Crippen LogP contribution in [0, 0.1) is 18.8 Å². The topological polar surface area (TPSA) is 24.9 Å². The van der Waals surface area contributed by atoms with Crippen molar-refractivity contribution in [2.75, 3.05) is 13.6 Å². The molecule has 1 heterocycles. The zero-order chi connectivity index (χ0) is 9.97. The zero-order valence-electron chi connectivity index (χ0n) is 8.92. The molecule has 2 atom stereocenters. The van der Waals surface area contributed by atoms with E-state index < -0.39 is 0 Å². The minimum Gasteiger partial charge on any atom is -0.319 e. The minimum absolute atomic E-state index is 0.879. The maximum Gasteiger partial charge on any atom is 0.0897 e. The number of thiazole rings is 1. The maximum absolute atomic E-state index is 4.53. The van der Waals surface area contributed by atoms with Gasteiger partial charge in [-0.1, -0.05) is 0 Å². The molecule has 1 fully saturated rings. The molecule has 1 N–H and O–H groups in total. The number of hydrogen-bond acceptors (Lipinski definition) is 3. The molecule has 2 nitrogen and oxygen atoms in total. The van der Waals surface area contributed by atoms with E-state index in [1.54, 1.807) is 11.3 Å². The van der Waals surface area contributed by atoms with E-state index in [0.29, 0.717) is 0 Å². The lowest BCUT2D eigenvalue weighted by Crippen LogP contribution is -2.35. The van der Waals surface area contributed by atoms with Gasteiger partial charge in [0.1, 0.15) is 0 Å². The van der Waals surface area contributed by atoms with Gasteiger partial charge in [-0.25, -0.2) is 4.98 Å². The Morgan fingerprint density at radius 2 is 2.29 bits per heavy atom. The number of aromatic nitrogens is 1. The summed E-state index contributed by atoms with van der Waals surface area (Å²) in [6, 6.07) is 0. The van der Waals surface area contributed by atoms with Gasteiger partial charge in [0, 0.05) is 5.38 Å². The first kappa shape index (κ1) is 10.1. The SMILES string of the molecule is CNCC1CCC1Cc1csc(C)n1. The summed E-state index contributed by atoms with van der Waals surface area (Å²) >= 11 is 1.77. The summed E-state index contributed by atoms with van der Waals surface area (Å²) in [6.07, 6.45) is 3.98. The summed E-state index contributed by atoms with van der Waals surface area (Å²) in [5, 5.41) is 6.68. The van der Waals surface area contributed by atoms with Crippen LogP contribution in [0.25, 0.3) is 0 Å². The van der Waals surface area contributed by atoms with Crippen molar-refractivity contribution in [3.63, 3.8) is 0 Å². The molecule has 1 aliphatic rings. The molecule has 78 valence electrons. The second kappa shape index (κ2) is 4.41. The highest BCUT2D eigenvalue weighted by Gasteiger charge is 2.30. The summed E-state index contributed by atoms with van der Waals surface area (Å²) in [5.74, 6) is 1.77. The molecule has 1 aromatic heterocycles. The number of nitrogens with one attached hydrogen (secondary N) is 1. The van der Waals surface area contributed by atoms with Crippen LogP contribution in [-0.2, 0) is 6.42 Å². The van der Waals surface area contributed by atoms with E-state index in [2.05, 4.69) is 22.6 Å². The Labute approximate surface area is 89.8 Å². The van der Waals surface area contributed by atoms with Crippen molar-refractivity contribution in [3.8, 4) is 0 Å². The predicted molar refractivity (Wildman–Crippen MR) is 60.7 cm³/mol. The molecule has 14 heavy (non-hydrogen) atoms. The summed E-state index contributed by atoms with van der Waals surface area (Å²) in [6.45, 7) is 3.26. The van der Waals surface area contributed by atoms with Gasteiger partial charge in [0.2, 0.25) is 0 Å². The van der Waals surface area contributed by atoms with Crippen LogP contribution in [0.4, 0.5) is 0 Å². The van der Waals surface area contributed by atoms with Gasteiger partial charge in [-0.3, -0.25) is 0 Å². The van der Waals surface area contributed by atoms with Crippen molar-refractivity contribution in [2.24, 2.45) is 11.8 Å². The van der Waals surface area contributed by atoms with Gasteiger partial charge in [0.05, 0.1) is 10.7 Å². The van der Waals surface area contributed by atoms with E-state index in [4.69, 9.17) is 0 Å². The normalized spacial score (nSPS) is 26.1. The van der Waals surface area contributed by atoms with E-state index in [-0.39, 0.29) is 0 Å². The average molecular weight is 210 g/mol. The molecular formula is C11H18N2S. The molecule has 0 aromatic carbocycles. The van der Waals surface area contributed by atoms with E-state index in [0.717, 1.165) is 11.8 Å². The van der Waals surface area contributed by atoms with Crippen molar-refractivity contribution in [1.82, 2.24) is 10.3 Å². The molecule has 0 saturated heterocycles. The van der Waals surface area contributed by atoms with Gasteiger partial charge >= 0.3 is 0 Å². The molecule has 1 saturated carbocycles. The van der Waals surface area contributed by atoms with Gasteiger partial charge in [0.25, 0.3) is 0 Å². The van der Waals surface area contributed by atoms with E-state index in [1.807, 2.05) is 7.05 Å². The molecular weight excluding hydrogens is 192 g/mol. The number of hydrogen-bond donors (Lipinski definition) is 1. The lowest BCUT2D eigenvalue weighted by molar-refractivity contribution is 0.173. The highest BCUT2D eigenvalue weighted by atomic mass is 32.1. The molecule has 1 aliphatic carbocycles. The molecule has 2 unspecified atom stereocenters. The summed E-state index contributed by atoms with van der Waals surface area (Å²) in [5.41, 5.74) is 1.30. The standard InChI is InChI=1S/C11H18N2S/c1-8-13-11(7-14-8)5-9-3-4-10(9)6-12-2/h7,9-10,12H,3-6H2,1-2H3. The first-order valence-electron chi connectivity index (χ1n) is 5.35. The van der Waals surface area contributed by atoms with Crippen LogP contribution in [0.2, 0.25) is 0 Å². The van der Waals surface area contributed by atoms with Gasteiger partial charge in [0.15, 0.2) is 0 Å². The lowest BCUT2D eigenvalue weighted by atomic mass is 9.71. The van der Waals surface area contributed by atoms with Crippen molar-refractivity contribution in [2.45, 2.75) is 26.2 Å². The third-order valence-electron chi connectivity index (χ3n) is 3.18. The second-order valence-corrected chi connectivity index (χ2v) is 5.28. The molecule has 0 amide bonds. The van der Waals surface area contributed by atoms with Crippen molar-refractivity contribution >= 4 is 11.3 Å². The highest BCUT2D eigenvalue weighted by Crippen LogP contribution is 2.36. The zero-order valence-corrected chi connectivity index (χ0v) is 9.73. The lowest BCUT2D eigenvalue weighted by Gasteiger charge is -2.36. The first-order chi connectivity index (χ1) is 6.79. The Morgan fingerprint density at radius 1 is 1.50 bits per heavy atom. The molecule has 1 aromatic rings. The fraction of sp³-hybridized carbons (Fsp3) is 0.727. The molecule has 0 bridgehead atoms. The van der Waals surface area contributed by atoms with Crippen molar-refractivity contribution in [1.29, 1.82) is 0 Å². The Hall–Kier alpha value is -0.410. The van der Waals surface area contributed by atoms with E-state index in [9.17, 15) is 0 Å². The van der Waals surface area contributed by atoms with Crippen LogP contribution in [0.5, 0.6) is 0 Å². The smallest absolute Gasteiger partial charge is 0.0897 e. The second-order valence-electron chi connectivity index (χ2n) is 4.22. The van der Waals surface area contributed by atoms with E-state index >= 15 is 0 Å². The largest absolute Gasteiger partial charge is 0.319 e. The first-order valence-corrected chi connectivity index (χ1v) is 6.23. The molecule has 0 spiro atoms. The van der Waals surface area contributed by atoms with Crippen LogP contribution in [0.3, 0.4) is 0 Å². The summed E-state index contributed by atoms with van der Waals surface area (Å²) in [7, 11) is 2.04. The number of nitrogens with zero attached hydrogens (tertiary/aromatic N) is 1.